The van der Waals surface area contributed by atoms with Crippen molar-refractivity contribution in [1.29, 1.82) is 0 Å². The molecule has 16 heteroatoms. The molecule has 6 heterocycles. The van der Waals surface area contributed by atoms with Crippen LogP contribution in [-0.4, -0.2) is 118 Å². The minimum absolute atomic E-state index is 0.0239. The smallest absolute Gasteiger partial charge is 0.330 e. The molecule has 6 saturated heterocycles. The molecule has 0 aromatic heterocycles. The summed E-state index contributed by atoms with van der Waals surface area (Å²) in [6, 6.07) is 0. The molecule has 0 spiro atoms. The van der Waals surface area contributed by atoms with Crippen LogP contribution in [0, 0.1) is 0 Å². The molecule has 0 radical (unpaired) electrons. The Morgan fingerprint density at radius 3 is 0.944 bits per heavy atom. The number of carbonyl (C=O) groups excluding carboxylic acids is 8. The van der Waals surface area contributed by atoms with Crippen molar-refractivity contribution in [2.24, 2.45) is 0 Å². The normalized spacial score (nSPS) is 29.9. The highest BCUT2D eigenvalue weighted by Crippen LogP contribution is 2.40. The number of hydrogen-bond acceptors (Lipinski definition) is 16. The SMILES string of the molecule is CC(=O)C1(C(C)=O)N2OC(=O)CN(CCN3CC(=O)ON(OC(=O)C3)C1(C(C)=O)C(C)=O)CC(=O)O2. The molecule has 0 unspecified atom stereocenters. The third-order valence-electron chi connectivity index (χ3n) is 5.99. The van der Waals surface area contributed by atoms with E-state index in [0.29, 0.717) is 0 Å². The van der Waals surface area contributed by atoms with Gasteiger partial charge in [0, 0.05) is 13.1 Å². The zero-order valence-corrected chi connectivity index (χ0v) is 19.9. The van der Waals surface area contributed by atoms with Crippen LogP contribution in [0.25, 0.3) is 0 Å². The van der Waals surface area contributed by atoms with Gasteiger partial charge in [0.25, 0.3) is 0 Å². The molecule has 0 aromatic carbocycles. The minimum atomic E-state index is -3.30. The van der Waals surface area contributed by atoms with Gasteiger partial charge in [-0.3, -0.25) is 29.0 Å². The zero-order valence-electron chi connectivity index (χ0n) is 19.9. The van der Waals surface area contributed by atoms with E-state index in [4.69, 9.17) is 19.4 Å². The average molecular weight is 512 g/mol. The summed E-state index contributed by atoms with van der Waals surface area (Å²) in [5.74, 6) is -9.84. The van der Waals surface area contributed by atoms with Crippen molar-refractivity contribution in [3.8, 4) is 0 Å². The summed E-state index contributed by atoms with van der Waals surface area (Å²) in [7, 11) is 0. The van der Waals surface area contributed by atoms with Gasteiger partial charge in [0.15, 0.2) is 23.1 Å². The standard InChI is InChI=1S/C20H24N4O12/c1-11(25)19(12(2)26)20(13(3)27,14(4)28)24-35-17(31)9-22(10-18(32)36-24)6-5-21-7-15(29)33-23(19)34-16(30)8-21/h5-10H2,1-4H3. The number of hydroxylamine groups is 4. The fraction of sp³-hybridized carbons (Fsp3) is 0.600. The first kappa shape index (κ1) is 27.0. The summed E-state index contributed by atoms with van der Waals surface area (Å²) in [5, 5.41) is -0.276. The Balaban J connectivity index is 2.45. The fourth-order valence-corrected chi connectivity index (χ4v) is 4.53. The first-order valence-corrected chi connectivity index (χ1v) is 10.7. The number of nitrogens with zero attached hydrogens (tertiary/aromatic N) is 4. The number of Topliss-reactive ketones (excluding diaryl/α,β-unsaturated/α-hetero) is 4. The second kappa shape index (κ2) is 9.81. The third kappa shape index (κ3) is 4.27. The van der Waals surface area contributed by atoms with Gasteiger partial charge in [-0.25, -0.2) is 19.2 Å². The molecule has 6 aliphatic heterocycles. The zero-order chi connectivity index (χ0) is 27.0. The van der Waals surface area contributed by atoms with E-state index in [1.54, 1.807) is 0 Å². The summed E-state index contributed by atoms with van der Waals surface area (Å²) in [5.41, 5.74) is -6.61. The molecule has 16 nitrogen and oxygen atoms in total. The number of carbonyl (C=O) groups is 8. The number of hydrogen-bond donors (Lipinski definition) is 0. The third-order valence-corrected chi connectivity index (χ3v) is 5.99. The predicted octanol–water partition coefficient (Wildman–Crippen LogP) is -3.10. The first-order valence-electron chi connectivity index (χ1n) is 10.7. The Hall–Kier alpha value is -3.60. The van der Waals surface area contributed by atoms with Gasteiger partial charge < -0.3 is 19.4 Å². The Morgan fingerprint density at radius 1 is 0.528 bits per heavy atom. The molecular formula is C20H24N4O12. The van der Waals surface area contributed by atoms with Crippen LogP contribution in [0.5, 0.6) is 0 Å². The van der Waals surface area contributed by atoms with E-state index < -0.39 is 84.3 Å². The van der Waals surface area contributed by atoms with Gasteiger partial charge in [0.2, 0.25) is 11.1 Å². The van der Waals surface area contributed by atoms with Crippen molar-refractivity contribution < 1.29 is 57.7 Å². The van der Waals surface area contributed by atoms with Crippen LogP contribution in [0.1, 0.15) is 27.7 Å². The van der Waals surface area contributed by atoms with E-state index in [1.165, 1.54) is 9.80 Å². The predicted molar refractivity (Wildman–Crippen MR) is 109 cm³/mol. The molecule has 0 N–H and O–H groups in total. The highest BCUT2D eigenvalue weighted by molar-refractivity contribution is 6.25. The maximum Gasteiger partial charge on any atom is 0.343 e. The van der Waals surface area contributed by atoms with Crippen molar-refractivity contribution in [3.05, 3.63) is 0 Å². The second-order valence-corrected chi connectivity index (χ2v) is 8.43. The Morgan fingerprint density at radius 2 is 0.750 bits per heavy atom. The second-order valence-electron chi connectivity index (χ2n) is 8.43. The molecule has 0 atom stereocenters. The lowest BCUT2D eigenvalue weighted by Gasteiger charge is -2.49. The molecule has 6 aliphatic rings. The van der Waals surface area contributed by atoms with Crippen LogP contribution >= 0.6 is 0 Å². The summed E-state index contributed by atoms with van der Waals surface area (Å²) in [4.78, 5) is 127. The summed E-state index contributed by atoms with van der Waals surface area (Å²) in [6.45, 7) is 0.747. The van der Waals surface area contributed by atoms with E-state index >= 15 is 0 Å². The van der Waals surface area contributed by atoms with E-state index in [9.17, 15) is 38.4 Å². The summed E-state index contributed by atoms with van der Waals surface area (Å²) < 4.78 is 0. The largest absolute Gasteiger partial charge is 0.343 e. The van der Waals surface area contributed by atoms with Crippen molar-refractivity contribution in [3.63, 3.8) is 0 Å². The van der Waals surface area contributed by atoms with Crippen LogP contribution in [0.15, 0.2) is 0 Å². The Bertz CT molecular complexity index is 905. The van der Waals surface area contributed by atoms with Gasteiger partial charge in [-0.2, -0.15) is 0 Å². The van der Waals surface area contributed by atoms with Crippen molar-refractivity contribution in [2.45, 2.75) is 38.8 Å². The molecule has 196 valence electrons. The van der Waals surface area contributed by atoms with Gasteiger partial charge in [-0.05, 0) is 27.7 Å². The van der Waals surface area contributed by atoms with Crippen LogP contribution in [0.4, 0.5) is 0 Å². The molecular weight excluding hydrogens is 488 g/mol. The molecule has 0 aromatic rings. The van der Waals surface area contributed by atoms with Crippen LogP contribution in [0.3, 0.4) is 0 Å². The van der Waals surface area contributed by atoms with Crippen LogP contribution < -0.4 is 0 Å². The van der Waals surface area contributed by atoms with Gasteiger partial charge in [0.05, 0.1) is 36.6 Å². The molecule has 6 fully saturated rings. The molecule has 0 aliphatic carbocycles. The highest BCUT2D eigenvalue weighted by Gasteiger charge is 2.76. The van der Waals surface area contributed by atoms with E-state index in [2.05, 4.69) is 0 Å². The quantitative estimate of drug-likeness (QED) is 0.344. The fourth-order valence-electron chi connectivity index (χ4n) is 4.53. The van der Waals surface area contributed by atoms with Crippen molar-refractivity contribution in [2.75, 3.05) is 39.3 Å². The van der Waals surface area contributed by atoms with Gasteiger partial charge in [-0.1, -0.05) is 0 Å². The lowest BCUT2D eigenvalue weighted by molar-refractivity contribution is -0.409. The molecule has 0 amide bonds. The summed E-state index contributed by atoms with van der Waals surface area (Å²) >= 11 is 0. The highest BCUT2D eigenvalue weighted by atomic mass is 17.0. The van der Waals surface area contributed by atoms with E-state index in [-0.39, 0.29) is 23.5 Å². The maximum absolute atomic E-state index is 13.3. The maximum atomic E-state index is 13.3. The summed E-state index contributed by atoms with van der Waals surface area (Å²) in [6.07, 6.45) is 0. The topological polar surface area (TPSA) is 186 Å². The average Bonchev–Trinajstić information content (AvgIpc) is 2.70. The Labute approximate surface area is 203 Å². The van der Waals surface area contributed by atoms with Crippen molar-refractivity contribution >= 4 is 47.0 Å². The van der Waals surface area contributed by atoms with Crippen molar-refractivity contribution in [1.82, 2.24) is 20.3 Å². The van der Waals surface area contributed by atoms with Crippen LogP contribution in [0.2, 0.25) is 0 Å². The first-order chi connectivity index (χ1) is 16.8. The number of ketones is 4. The van der Waals surface area contributed by atoms with Gasteiger partial charge >= 0.3 is 23.9 Å². The molecule has 6 rings (SSSR count). The lowest BCUT2D eigenvalue weighted by atomic mass is 9.67. The molecule has 0 saturated carbocycles. The minimum Gasteiger partial charge on any atom is -0.330 e. The van der Waals surface area contributed by atoms with Gasteiger partial charge in [-0.15, -0.1) is 0 Å². The van der Waals surface area contributed by atoms with Gasteiger partial charge in [0.1, 0.15) is 0 Å². The number of rotatable bonds is 4. The lowest BCUT2D eigenvalue weighted by Crippen LogP contribution is -2.82. The van der Waals surface area contributed by atoms with E-state index in [1.807, 2.05) is 0 Å². The molecule has 36 heavy (non-hydrogen) atoms. The molecule has 4 bridgehead atoms. The van der Waals surface area contributed by atoms with Crippen LogP contribution in [-0.2, 0) is 57.7 Å². The van der Waals surface area contributed by atoms with E-state index in [0.717, 1.165) is 27.7 Å². The Kier molecular flexibility index (Phi) is 7.35. The monoisotopic (exact) mass is 512 g/mol.